The highest BCUT2D eigenvalue weighted by Gasteiger charge is 2.46. The number of hydrogen-bond acceptors (Lipinski definition) is 3. The normalized spacial score (nSPS) is 17.0. The Morgan fingerprint density at radius 1 is 1.33 bits per heavy atom. The van der Waals surface area contributed by atoms with Gasteiger partial charge < -0.3 is 15.2 Å². The fourth-order valence-electron chi connectivity index (χ4n) is 2.91. The van der Waals surface area contributed by atoms with E-state index >= 15 is 0 Å². The van der Waals surface area contributed by atoms with E-state index in [1.807, 2.05) is 0 Å². The molecule has 2 N–H and O–H groups in total. The molecule has 1 saturated carbocycles. The predicted molar refractivity (Wildman–Crippen MR) is 92.4 cm³/mol. The number of carbonyl (C=O) groups excluding carboxylic acids is 1. The van der Waals surface area contributed by atoms with Gasteiger partial charge in [0.2, 0.25) is 5.91 Å². The van der Waals surface area contributed by atoms with Crippen LogP contribution in [0, 0.1) is 5.41 Å². The lowest BCUT2D eigenvalue weighted by atomic mass is 9.66. The summed E-state index contributed by atoms with van der Waals surface area (Å²) in [5.41, 5.74) is -0.0964. The SMILES string of the molecule is COCCC(NC(=O)CC1(C(=O)O)CCC1)c1ccc(Cl)c(Cl)c1. The second kappa shape index (κ2) is 8.19. The van der Waals surface area contributed by atoms with Crippen LogP contribution in [0.5, 0.6) is 0 Å². The molecule has 0 bridgehead atoms. The van der Waals surface area contributed by atoms with Crippen molar-refractivity contribution in [3.05, 3.63) is 33.8 Å². The number of aliphatic carboxylic acids is 1. The number of carbonyl (C=O) groups is 2. The number of nitrogens with one attached hydrogen (secondary N) is 1. The summed E-state index contributed by atoms with van der Waals surface area (Å²) in [6.07, 6.45) is 2.49. The molecule has 5 nitrogen and oxygen atoms in total. The summed E-state index contributed by atoms with van der Waals surface area (Å²) in [5, 5.41) is 13.1. The number of benzene rings is 1. The lowest BCUT2D eigenvalue weighted by Crippen LogP contribution is -2.43. The van der Waals surface area contributed by atoms with E-state index in [0.29, 0.717) is 35.9 Å². The second-order valence-corrected chi connectivity index (χ2v) is 7.01. The van der Waals surface area contributed by atoms with Crippen LogP contribution in [-0.2, 0) is 14.3 Å². The maximum atomic E-state index is 12.4. The van der Waals surface area contributed by atoms with Crippen molar-refractivity contribution in [1.82, 2.24) is 5.32 Å². The number of carboxylic acids is 1. The zero-order chi connectivity index (χ0) is 17.7. The van der Waals surface area contributed by atoms with Gasteiger partial charge in [-0.3, -0.25) is 9.59 Å². The maximum Gasteiger partial charge on any atom is 0.310 e. The highest BCUT2D eigenvalue weighted by Crippen LogP contribution is 2.44. The molecular formula is C17H21Cl2NO4. The van der Waals surface area contributed by atoms with Crippen LogP contribution >= 0.6 is 23.2 Å². The molecule has 0 aromatic heterocycles. The first-order valence-electron chi connectivity index (χ1n) is 7.84. The average Bonchev–Trinajstić information content (AvgIpc) is 2.49. The highest BCUT2D eigenvalue weighted by molar-refractivity contribution is 6.42. The molecule has 24 heavy (non-hydrogen) atoms. The zero-order valence-electron chi connectivity index (χ0n) is 13.5. The Morgan fingerprint density at radius 2 is 2.04 bits per heavy atom. The molecule has 1 amide bonds. The molecule has 7 heteroatoms. The molecule has 1 aliphatic carbocycles. The van der Waals surface area contributed by atoms with Crippen LogP contribution < -0.4 is 5.32 Å². The predicted octanol–water partition coefficient (Wildman–Crippen LogP) is 3.83. The highest BCUT2D eigenvalue weighted by atomic mass is 35.5. The summed E-state index contributed by atoms with van der Waals surface area (Å²) in [7, 11) is 1.58. The molecule has 0 aliphatic heterocycles. The molecule has 0 radical (unpaired) electrons. The Kier molecular flexibility index (Phi) is 6.49. The van der Waals surface area contributed by atoms with Crippen molar-refractivity contribution in [2.75, 3.05) is 13.7 Å². The van der Waals surface area contributed by atoms with Gasteiger partial charge in [0.25, 0.3) is 0 Å². The van der Waals surface area contributed by atoms with Crippen molar-refractivity contribution in [1.29, 1.82) is 0 Å². The Labute approximate surface area is 151 Å². The van der Waals surface area contributed by atoms with E-state index in [1.54, 1.807) is 25.3 Å². The van der Waals surface area contributed by atoms with E-state index < -0.39 is 11.4 Å². The number of hydrogen-bond donors (Lipinski definition) is 2. The summed E-state index contributed by atoms with van der Waals surface area (Å²) in [4.78, 5) is 23.8. The third kappa shape index (κ3) is 4.41. The van der Waals surface area contributed by atoms with Gasteiger partial charge in [-0.05, 0) is 37.0 Å². The fourth-order valence-corrected chi connectivity index (χ4v) is 3.22. The minimum Gasteiger partial charge on any atom is -0.481 e. The van der Waals surface area contributed by atoms with Crippen molar-refractivity contribution in [2.24, 2.45) is 5.41 Å². The van der Waals surface area contributed by atoms with Gasteiger partial charge in [0.15, 0.2) is 0 Å². The fraction of sp³-hybridized carbons (Fsp3) is 0.529. The molecule has 1 unspecified atom stereocenters. The third-order valence-corrected chi connectivity index (χ3v) is 5.29. The molecule has 0 heterocycles. The first kappa shape index (κ1) is 19.0. The summed E-state index contributed by atoms with van der Waals surface area (Å²) in [6, 6.07) is 4.88. The first-order valence-corrected chi connectivity index (χ1v) is 8.60. The van der Waals surface area contributed by atoms with Crippen LogP contribution in [0.15, 0.2) is 18.2 Å². The molecule has 0 saturated heterocycles. The van der Waals surface area contributed by atoms with Gasteiger partial charge >= 0.3 is 5.97 Å². The quantitative estimate of drug-likeness (QED) is 0.725. The third-order valence-electron chi connectivity index (χ3n) is 4.56. The number of methoxy groups -OCH3 is 1. The number of amides is 1. The molecule has 0 spiro atoms. The first-order chi connectivity index (χ1) is 11.4. The second-order valence-electron chi connectivity index (χ2n) is 6.19. The van der Waals surface area contributed by atoms with Crippen molar-refractivity contribution in [2.45, 2.75) is 38.1 Å². The summed E-state index contributed by atoms with van der Waals surface area (Å²) in [5.74, 6) is -1.17. The van der Waals surface area contributed by atoms with E-state index in [2.05, 4.69) is 5.32 Å². The summed E-state index contributed by atoms with van der Waals surface area (Å²) < 4.78 is 5.10. The number of ether oxygens (including phenoxy) is 1. The van der Waals surface area contributed by atoms with Crippen molar-refractivity contribution in [3.63, 3.8) is 0 Å². The van der Waals surface area contributed by atoms with Crippen LogP contribution in [0.1, 0.15) is 43.7 Å². The van der Waals surface area contributed by atoms with E-state index in [9.17, 15) is 14.7 Å². The zero-order valence-corrected chi connectivity index (χ0v) is 15.0. The lowest BCUT2D eigenvalue weighted by Gasteiger charge is -2.37. The molecule has 1 atom stereocenters. The van der Waals surface area contributed by atoms with Crippen LogP contribution in [0.2, 0.25) is 10.0 Å². The monoisotopic (exact) mass is 373 g/mol. The van der Waals surface area contributed by atoms with Crippen molar-refractivity contribution >= 4 is 35.1 Å². The Hall–Kier alpha value is -1.30. The van der Waals surface area contributed by atoms with Crippen molar-refractivity contribution < 1.29 is 19.4 Å². The topological polar surface area (TPSA) is 75.6 Å². The lowest BCUT2D eigenvalue weighted by molar-refractivity contribution is -0.157. The van der Waals surface area contributed by atoms with Gasteiger partial charge in [-0.1, -0.05) is 35.7 Å². The number of carboxylic acid groups (broad SMARTS) is 1. The minimum atomic E-state index is -0.909. The van der Waals surface area contributed by atoms with Gasteiger partial charge in [0.1, 0.15) is 0 Å². The van der Waals surface area contributed by atoms with Crippen LogP contribution in [-0.4, -0.2) is 30.7 Å². The van der Waals surface area contributed by atoms with Gasteiger partial charge in [0, 0.05) is 20.1 Å². The molecule has 1 aliphatic rings. The molecular weight excluding hydrogens is 353 g/mol. The number of rotatable bonds is 8. The van der Waals surface area contributed by atoms with Gasteiger partial charge in [-0.2, -0.15) is 0 Å². The van der Waals surface area contributed by atoms with Crippen molar-refractivity contribution in [3.8, 4) is 0 Å². The van der Waals surface area contributed by atoms with Gasteiger partial charge in [0.05, 0.1) is 21.5 Å². The Bertz CT molecular complexity index is 617. The Balaban J connectivity index is 2.09. The number of halogens is 2. The van der Waals surface area contributed by atoms with E-state index in [1.165, 1.54) is 0 Å². The average molecular weight is 374 g/mol. The van der Waals surface area contributed by atoms with Crippen LogP contribution in [0.25, 0.3) is 0 Å². The van der Waals surface area contributed by atoms with Crippen LogP contribution in [0.4, 0.5) is 0 Å². The summed E-state index contributed by atoms with van der Waals surface area (Å²) >= 11 is 12.0. The van der Waals surface area contributed by atoms with Crippen LogP contribution in [0.3, 0.4) is 0 Å². The molecule has 132 valence electrons. The molecule has 2 rings (SSSR count). The minimum absolute atomic E-state index is 0.00681. The standard InChI is InChI=1S/C17H21Cl2NO4/c1-24-8-5-14(11-3-4-12(18)13(19)9-11)20-15(21)10-17(16(22)23)6-2-7-17/h3-4,9,14H,2,5-8,10H2,1H3,(H,20,21)(H,22,23). The van der Waals surface area contributed by atoms with Gasteiger partial charge in [-0.25, -0.2) is 0 Å². The smallest absolute Gasteiger partial charge is 0.310 e. The molecule has 1 aromatic rings. The van der Waals surface area contributed by atoms with E-state index in [4.69, 9.17) is 27.9 Å². The van der Waals surface area contributed by atoms with E-state index in [0.717, 1.165) is 12.0 Å². The van der Waals surface area contributed by atoms with E-state index in [-0.39, 0.29) is 18.4 Å². The Morgan fingerprint density at radius 3 is 2.54 bits per heavy atom. The summed E-state index contributed by atoms with van der Waals surface area (Å²) in [6.45, 7) is 0.454. The largest absolute Gasteiger partial charge is 0.481 e. The molecule has 1 fully saturated rings. The van der Waals surface area contributed by atoms with Gasteiger partial charge in [-0.15, -0.1) is 0 Å². The molecule has 1 aromatic carbocycles. The maximum absolute atomic E-state index is 12.4.